The molecule has 0 radical (unpaired) electrons. The minimum Gasteiger partial charge on any atom is -0.454 e. The fourth-order valence-electron chi connectivity index (χ4n) is 1.97. The van der Waals surface area contributed by atoms with Gasteiger partial charge in [-0.05, 0) is 18.8 Å². The average Bonchev–Trinajstić information content (AvgIpc) is 2.63. The predicted octanol–water partition coefficient (Wildman–Crippen LogP) is -1.92. The lowest BCUT2D eigenvalue weighted by Gasteiger charge is -2.32. The van der Waals surface area contributed by atoms with E-state index in [1.54, 1.807) is 27.7 Å². The Hall–Kier alpha value is -1.59. The molecule has 0 unspecified atom stereocenters. The quantitative estimate of drug-likeness (QED) is 0.221. The molecule has 0 aromatic carbocycles. The third kappa shape index (κ3) is 7.51. The Labute approximate surface area is 161 Å². The first-order valence-corrected chi connectivity index (χ1v) is 8.65. The summed E-state index contributed by atoms with van der Waals surface area (Å²) in [6.45, 7) is 6.61. The Balaban J connectivity index is 5.86. The third-order valence-electron chi connectivity index (χ3n) is 3.95. The van der Waals surface area contributed by atoms with E-state index in [2.05, 4.69) is 0 Å². The van der Waals surface area contributed by atoms with E-state index in [1.807, 2.05) is 11.5 Å². The zero-order valence-electron chi connectivity index (χ0n) is 18.2. The van der Waals surface area contributed by atoms with Crippen LogP contribution < -0.4 is 11.5 Å². The van der Waals surface area contributed by atoms with Gasteiger partial charge in [0.25, 0.3) is 0 Å². The molecule has 0 amide bonds. The van der Waals surface area contributed by atoms with Crippen molar-refractivity contribution in [3.63, 3.8) is 0 Å². The first-order chi connectivity index (χ1) is 13.4. The van der Waals surface area contributed by atoms with E-state index in [0.717, 1.165) is 6.92 Å². The summed E-state index contributed by atoms with van der Waals surface area (Å²) in [5.74, 6) is -3.59. The Morgan fingerprint density at radius 2 is 1.41 bits per heavy atom. The lowest BCUT2D eigenvalue weighted by atomic mass is 9.99. The van der Waals surface area contributed by atoms with Gasteiger partial charge in [-0.1, -0.05) is 27.7 Å². The minimum atomic E-state index is -1.97. The van der Waals surface area contributed by atoms with E-state index in [4.69, 9.17) is 17.4 Å². The minimum absolute atomic E-state index is 0.376. The van der Waals surface area contributed by atoms with E-state index >= 15 is 0 Å². The lowest BCUT2D eigenvalue weighted by Crippen LogP contribution is -2.55. The third-order valence-corrected chi connectivity index (χ3v) is 3.95. The van der Waals surface area contributed by atoms with E-state index < -0.39 is 66.7 Å². The molecule has 0 heterocycles. The van der Waals surface area contributed by atoms with Crippen LogP contribution in [0.2, 0.25) is 2.82 Å². The molecule has 0 saturated carbocycles. The van der Waals surface area contributed by atoms with E-state index in [1.165, 1.54) is 0 Å². The van der Waals surface area contributed by atoms with Crippen molar-refractivity contribution in [2.45, 2.75) is 71.1 Å². The van der Waals surface area contributed by atoms with Gasteiger partial charge in [-0.15, -0.1) is 0 Å². The van der Waals surface area contributed by atoms with Crippen LogP contribution in [0.25, 0.3) is 0 Å². The SMILES string of the molecule is [2H]N[C@H](C(=O)O[C@@H]([C@H](O)[C@H](O)CO)[C@@H](OC(=O)[C@@H](N[2H])C(C)C)C(C)=O)C(C)C. The van der Waals surface area contributed by atoms with Crippen molar-refractivity contribution in [3.8, 4) is 0 Å². The average molecular weight is 394 g/mol. The van der Waals surface area contributed by atoms with Crippen LogP contribution in [0.5, 0.6) is 0 Å². The number of carbonyl (C=O) groups is 3. The normalized spacial score (nSPS) is 19.3. The van der Waals surface area contributed by atoms with E-state index in [0.29, 0.717) is 0 Å². The predicted molar refractivity (Wildman–Crippen MR) is 95.2 cm³/mol. The molecule has 10 heteroatoms. The fourth-order valence-corrected chi connectivity index (χ4v) is 1.97. The zero-order chi connectivity index (χ0) is 22.9. The summed E-state index contributed by atoms with van der Waals surface area (Å²) in [6, 6.07) is -2.23. The fraction of sp³-hybridized carbons (Fsp3) is 0.824. The number of hydrogen-bond acceptors (Lipinski definition) is 10. The molecule has 6 atom stereocenters. The van der Waals surface area contributed by atoms with Crippen molar-refractivity contribution < 1.29 is 42.0 Å². The molecule has 10 nitrogen and oxygen atoms in total. The number of Topliss-reactive ketones (excluding diaryl/α,β-unsaturated/α-hetero) is 1. The molecule has 0 fully saturated rings. The summed E-state index contributed by atoms with van der Waals surface area (Å²) >= 11 is 0. The zero-order valence-corrected chi connectivity index (χ0v) is 16.2. The molecule has 27 heavy (non-hydrogen) atoms. The van der Waals surface area contributed by atoms with Gasteiger partial charge in [0, 0.05) is 0 Å². The van der Waals surface area contributed by atoms with Crippen LogP contribution in [-0.4, -0.2) is 76.1 Å². The maximum atomic E-state index is 12.4. The van der Waals surface area contributed by atoms with Gasteiger partial charge in [0.15, 0.2) is 18.0 Å². The van der Waals surface area contributed by atoms with E-state index in [9.17, 15) is 24.6 Å². The molecule has 0 aromatic heterocycles. The van der Waals surface area contributed by atoms with Gasteiger partial charge >= 0.3 is 11.9 Å². The van der Waals surface area contributed by atoms with Crippen LogP contribution in [-0.2, 0) is 23.9 Å². The molecule has 158 valence electrons. The Morgan fingerprint density at radius 3 is 1.74 bits per heavy atom. The van der Waals surface area contributed by atoms with Gasteiger partial charge in [-0.2, -0.15) is 0 Å². The summed E-state index contributed by atoms with van der Waals surface area (Å²) in [7, 11) is 0. The molecule has 0 saturated heterocycles. The second-order valence-electron chi connectivity index (χ2n) is 7.05. The van der Waals surface area contributed by atoms with Gasteiger partial charge in [0.2, 0.25) is 0 Å². The van der Waals surface area contributed by atoms with Crippen LogP contribution in [0.3, 0.4) is 0 Å². The molecule has 0 aliphatic rings. The van der Waals surface area contributed by atoms with Crippen LogP contribution in [0.1, 0.15) is 34.6 Å². The smallest absolute Gasteiger partial charge is 0.324 e. The van der Waals surface area contributed by atoms with Crippen molar-refractivity contribution in [2.75, 3.05) is 6.61 Å². The Morgan fingerprint density at radius 1 is 0.963 bits per heavy atom. The van der Waals surface area contributed by atoms with Crippen molar-refractivity contribution in [2.24, 2.45) is 23.3 Å². The summed E-state index contributed by atoms with van der Waals surface area (Å²) in [5.41, 5.74) is 3.99. The standard InChI is InChI=1S/C17H32N2O8/c1-7(2)11(18)16(24)26-14(9(5)21)15(13(23)10(22)6-20)27-17(25)12(19)8(3)4/h7-8,10-15,20,22-23H,6,18-19H2,1-5H3/t10-,11+,12+,13-,14+,15+/m1/s1/i/hD2. The molecular formula is C17H32N2O8. The molecule has 0 aliphatic carbocycles. The number of esters is 2. The largest absolute Gasteiger partial charge is 0.454 e. The second kappa shape index (κ2) is 11.3. The summed E-state index contributed by atoms with van der Waals surface area (Å²) in [4.78, 5) is 36.9. The first-order valence-electron chi connectivity index (χ1n) is 9.65. The van der Waals surface area contributed by atoms with Gasteiger partial charge in [0.05, 0.1) is 6.61 Å². The maximum absolute atomic E-state index is 12.4. The number of aliphatic hydroxyl groups excluding tert-OH is 3. The lowest BCUT2D eigenvalue weighted by molar-refractivity contribution is -0.189. The number of rotatable bonds is 13. The summed E-state index contributed by atoms with van der Waals surface area (Å²) in [6.07, 6.45) is -7.43. The number of aliphatic hydroxyl groups is 3. The highest BCUT2D eigenvalue weighted by Crippen LogP contribution is 2.17. The summed E-state index contributed by atoms with van der Waals surface area (Å²) < 4.78 is 24.7. The van der Waals surface area contributed by atoms with Gasteiger partial charge < -0.3 is 36.2 Å². The molecular weight excluding hydrogens is 360 g/mol. The molecule has 0 aromatic rings. The van der Waals surface area contributed by atoms with Crippen LogP contribution in [0, 0.1) is 11.8 Å². The Kier molecular flexibility index (Phi) is 9.08. The molecule has 0 aliphatic heterocycles. The highest BCUT2D eigenvalue weighted by atomic mass is 16.6. The molecule has 0 rings (SSSR count). The van der Waals surface area contributed by atoms with Crippen molar-refractivity contribution >= 4 is 17.7 Å². The van der Waals surface area contributed by atoms with E-state index in [-0.39, 0.29) is 5.92 Å². The number of hydrogen-bond donors (Lipinski definition) is 5. The number of carbonyl (C=O) groups excluding carboxylic acids is 3. The van der Waals surface area contributed by atoms with Crippen LogP contribution in [0.15, 0.2) is 0 Å². The van der Waals surface area contributed by atoms with Crippen molar-refractivity contribution in [3.05, 3.63) is 0 Å². The molecule has 7 N–H and O–H groups in total. The second-order valence-corrected chi connectivity index (χ2v) is 7.05. The van der Waals surface area contributed by atoms with Crippen LogP contribution >= 0.6 is 0 Å². The maximum Gasteiger partial charge on any atom is 0.324 e. The number of nitrogens with two attached hydrogens (primary N) is 2. The highest BCUT2D eigenvalue weighted by molar-refractivity contribution is 5.86. The first kappa shape index (κ1) is 21.7. The van der Waals surface area contributed by atoms with Gasteiger partial charge in [0.1, 0.15) is 27.1 Å². The number of ether oxygens (including phenoxy) is 2. The van der Waals surface area contributed by atoms with Crippen molar-refractivity contribution in [1.82, 2.24) is 0 Å². The molecule has 0 spiro atoms. The summed E-state index contributed by atoms with van der Waals surface area (Å²) in [5, 5.41) is 29.2. The number of ketones is 1. The van der Waals surface area contributed by atoms with Gasteiger partial charge in [-0.25, -0.2) is 0 Å². The Bertz CT molecular complexity index is 550. The van der Waals surface area contributed by atoms with Gasteiger partial charge in [-0.3, -0.25) is 14.4 Å². The van der Waals surface area contributed by atoms with Crippen LogP contribution in [0.4, 0.5) is 0 Å². The monoisotopic (exact) mass is 394 g/mol. The highest BCUT2D eigenvalue weighted by Gasteiger charge is 2.42. The molecule has 0 bridgehead atoms. The topological polar surface area (TPSA) is 182 Å². The van der Waals surface area contributed by atoms with Crippen molar-refractivity contribution in [1.29, 1.82) is 0 Å².